The summed E-state index contributed by atoms with van der Waals surface area (Å²) in [6, 6.07) is -0.867. The van der Waals surface area contributed by atoms with E-state index < -0.39 is 20.0 Å². The summed E-state index contributed by atoms with van der Waals surface area (Å²) in [5.74, 6) is -0.182. The van der Waals surface area contributed by atoms with E-state index in [0.717, 1.165) is 51.4 Å². The highest BCUT2D eigenvalue weighted by Gasteiger charge is 2.28. The number of carbonyl (C=O) groups is 1. The van der Waals surface area contributed by atoms with E-state index >= 15 is 0 Å². The third-order valence-corrected chi connectivity index (χ3v) is 17.9. The molecule has 0 aliphatic rings. The number of quaternary nitrogens is 1. The zero-order valence-electron chi connectivity index (χ0n) is 57.4. The molecule has 1 amide bonds. The molecule has 0 spiro atoms. The van der Waals surface area contributed by atoms with E-state index in [1.54, 1.807) is 6.08 Å². The van der Waals surface area contributed by atoms with Crippen LogP contribution in [0, 0.1) is 0 Å². The molecule has 0 fully saturated rings. The average molecular weight is 1210 g/mol. The van der Waals surface area contributed by atoms with E-state index in [1.165, 1.54) is 295 Å². The molecule has 0 rings (SSSR count). The van der Waals surface area contributed by atoms with Crippen molar-refractivity contribution in [3.05, 3.63) is 60.8 Å². The molecule has 85 heavy (non-hydrogen) atoms. The van der Waals surface area contributed by atoms with E-state index in [-0.39, 0.29) is 19.1 Å². The van der Waals surface area contributed by atoms with E-state index in [2.05, 4.69) is 67.8 Å². The van der Waals surface area contributed by atoms with Crippen molar-refractivity contribution in [3.63, 3.8) is 0 Å². The zero-order valence-corrected chi connectivity index (χ0v) is 58.3. The molecule has 0 aliphatic heterocycles. The van der Waals surface area contributed by atoms with Crippen molar-refractivity contribution in [2.24, 2.45) is 0 Å². The predicted molar refractivity (Wildman–Crippen MR) is 374 cm³/mol. The molecule has 8 nitrogen and oxygen atoms in total. The summed E-state index contributed by atoms with van der Waals surface area (Å²) < 4.78 is 23.8. The summed E-state index contributed by atoms with van der Waals surface area (Å²) in [4.78, 5) is 23.4. The second-order valence-corrected chi connectivity index (χ2v) is 28.1. The number of carbonyl (C=O) groups excluding carboxylic acids is 1. The summed E-state index contributed by atoms with van der Waals surface area (Å²) in [7, 11) is 1.57. The number of phosphoric ester groups is 1. The molecule has 0 aromatic carbocycles. The number of aliphatic hydroxyl groups is 1. The molecule has 3 unspecified atom stereocenters. The summed E-state index contributed by atoms with van der Waals surface area (Å²) in [6.45, 7) is 4.83. The van der Waals surface area contributed by atoms with Crippen LogP contribution in [0.2, 0.25) is 0 Å². The summed E-state index contributed by atoms with van der Waals surface area (Å²) in [5.41, 5.74) is 0. The van der Waals surface area contributed by atoms with Gasteiger partial charge in [0.05, 0.1) is 39.9 Å². The van der Waals surface area contributed by atoms with Crippen molar-refractivity contribution < 1.29 is 32.9 Å². The highest BCUT2D eigenvalue weighted by Crippen LogP contribution is 2.43. The molecule has 0 aromatic heterocycles. The number of phosphoric acid groups is 1. The van der Waals surface area contributed by atoms with Crippen LogP contribution in [-0.4, -0.2) is 73.4 Å². The molecule has 3 N–H and O–H groups in total. The molecule has 0 aromatic rings. The van der Waals surface area contributed by atoms with Gasteiger partial charge >= 0.3 is 7.82 Å². The molecule has 500 valence electrons. The normalized spacial score (nSPS) is 13.9. The second kappa shape index (κ2) is 66.6. The molecule has 9 heteroatoms. The minimum Gasteiger partial charge on any atom is -0.387 e. The van der Waals surface area contributed by atoms with Gasteiger partial charge < -0.3 is 19.8 Å². The van der Waals surface area contributed by atoms with E-state index in [9.17, 15) is 19.4 Å². The summed E-state index contributed by atoms with van der Waals surface area (Å²) in [6.07, 6.45) is 92.5. The first-order valence-corrected chi connectivity index (χ1v) is 38.7. The number of hydrogen-bond donors (Lipinski definition) is 3. The molecular formula is C76H146N2O6P+. The minimum absolute atomic E-state index is 0.0559. The number of amides is 1. The van der Waals surface area contributed by atoms with Gasteiger partial charge in [-0.15, -0.1) is 0 Å². The Bertz CT molecular complexity index is 1570. The van der Waals surface area contributed by atoms with Crippen LogP contribution >= 0.6 is 7.82 Å². The fourth-order valence-electron chi connectivity index (χ4n) is 11.2. The largest absolute Gasteiger partial charge is 0.472 e. The Morgan fingerprint density at radius 3 is 1.02 bits per heavy atom. The fraction of sp³-hybridized carbons (Fsp3) is 0.855. The number of likely N-dealkylation sites (N-methyl/N-ethyl adjacent to an activating group) is 1. The third kappa shape index (κ3) is 69.5. The van der Waals surface area contributed by atoms with Gasteiger partial charge in [0.15, 0.2) is 0 Å². The Morgan fingerprint density at radius 2 is 0.682 bits per heavy atom. The molecule has 0 saturated carbocycles. The van der Waals surface area contributed by atoms with Crippen LogP contribution in [0.1, 0.15) is 367 Å². The molecule has 0 aliphatic carbocycles. The first-order valence-electron chi connectivity index (χ1n) is 37.2. The topological polar surface area (TPSA) is 105 Å². The van der Waals surface area contributed by atoms with Crippen LogP contribution in [0.4, 0.5) is 0 Å². The Hall–Kier alpha value is -1.80. The van der Waals surface area contributed by atoms with E-state index in [1.807, 2.05) is 27.2 Å². The average Bonchev–Trinajstić information content (AvgIpc) is 3.49. The van der Waals surface area contributed by atoms with Gasteiger partial charge in [-0.1, -0.05) is 351 Å². The van der Waals surface area contributed by atoms with Crippen molar-refractivity contribution in [1.82, 2.24) is 5.32 Å². The van der Waals surface area contributed by atoms with Gasteiger partial charge in [0.25, 0.3) is 0 Å². The van der Waals surface area contributed by atoms with Crippen LogP contribution in [0.3, 0.4) is 0 Å². The number of unbranched alkanes of at least 4 members (excludes halogenated alkanes) is 48. The number of allylic oxidation sites excluding steroid dienone is 9. The van der Waals surface area contributed by atoms with Gasteiger partial charge in [-0.3, -0.25) is 13.8 Å². The lowest BCUT2D eigenvalue weighted by molar-refractivity contribution is -0.870. The molecule has 3 atom stereocenters. The lowest BCUT2D eigenvalue weighted by atomic mass is 10.0. The molecule has 0 radical (unpaired) electrons. The summed E-state index contributed by atoms with van der Waals surface area (Å²) >= 11 is 0. The zero-order chi connectivity index (χ0) is 61.9. The van der Waals surface area contributed by atoms with E-state index in [4.69, 9.17) is 9.05 Å². The van der Waals surface area contributed by atoms with Crippen LogP contribution in [0.5, 0.6) is 0 Å². The maximum Gasteiger partial charge on any atom is 0.472 e. The van der Waals surface area contributed by atoms with E-state index in [0.29, 0.717) is 17.4 Å². The Balaban J connectivity index is 4.06. The summed E-state index contributed by atoms with van der Waals surface area (Å²) in [5, 5.41) is 14.0. The Labute approximate surface area is 530 Å². The third-order valence-electron chi connectivity index (χ3n) is 17.0. The predicted octanol–water partition coefficient (Wildman–Crippen LogP) is 23.9. The van der Waals surface area contributed by atoms with Crippen molar-refractivity contribution in [2.75, 3.05) is 40.9 Å². The maximum absolute atomic E-state index is 13.1. The number of aliphatic hydroxyl groups excluding tert-OH is 1. The highest BCUT2D eigenvalue weighted by atomic mass is 31.2. The number of nitrogens with zero attached hydrogens (tertiary/aromatic N) is 1. The smallest absolute Gasteiger partial charge is 0.387 e. The second-order valence-electron chi connectivity index (χ2n) is 26.7. The quantitative estimate of drug-likeness (QED) is 0.0243. The van der Waals surface area contributed by atoms with Crippen LogP contribution in [-0.2, 0) is 18.4 Å². The molecular weight excluding hydrogens is 1070 g/mol. The fourth-order valence-corrected chi connectivity index (χ4v) is 11.9. The standard InChI is InChI=1S/C76H145N2O6P/c1-6-8-10-12-14-16-18-20-22-24-26-28-30-32-34-36-38-40-41-43-45-47-49-51-53-55-57-59-61-63-65-67-69-75(79)74(73-84-85(81,82)83-72-71-78(3,4)5)77-76(80)70-68-66-64-62-60-58-56-54-52-50-48-46-44-42-39-37-35-33-31-29-27-25-23-21-19-17-15-13-11-9-7-2/h19,21,25,27,31,33,59,61,67,69,74-75,79H,6-18,20,22-24,26,28-30,32,34-58,60,62-66,68,70-73H2,1-5H3,(H-,77,80,81,82)/p+1/b21-19-,27-25-,33-31-,61-59+,69-67+. The van der Waals surface area contributed by atoms with Crippen LogP contribution in [0.15, 0.2) is 60.8 Å². The lowest BCUT2D eigenvalue weighted by Crippen LogP contribution is -2.45. The Kier molecular flexibility index (Phi) is 65.2. The lowest BCUT2D eigenvalue weighted by Gasteiger charge is -2.25. The minimum atomic E-state index is -4.37. The van der Waals surface area contributed by atoms with Crippen LogP contribution in [0.25, 0.3) is 0 Å². The number of rotatable bonds is 69. The Morgan fingerprint density at radius 1 is 0.400 bits per heavy atom. The van der Waals surface area contributed by atoms with Crippen molar-refractivity contribution in [3.8, 4) is 0 Å². The molecule has 0 heterocycles. The van der Waals surface area contributed by atoms with Crippen molar-refractivity contribution >= 4 is 13.7 Å². The molecule has 0 saturated heterocycles. The van der Waals surface area contributed by atoms with Gasteiger partial charge in [-0.05, 0) is 70.6 Å². The van der Waals surface area contributed by atoms with Gasteiger partial charge in [0.1, 0.15) is 13.2 Å². The van der Waals surface area contributed by atoms with Gasteiger partial charge in [-0.25, -0.2) is 4.57 Å². The van der Waals surface area contributed by atoms with Crippen molar-refractivity contribution in [2.45, 2.75) is 379 Å². The first-order chi connectivity index (χ1) is 41.5. The monoisotopic (exact) mass is 1210 g/mol. The van der Waals surface area contributed by atoms with Gasteiger partial charge in [0.2, 0.25) is 5.91 Å². The number of hydrogen-bond acceptors (Lipinski definition) is 5. The SMILES string of the molecule is CCCCCCC/C=C\C/C=C\C/C=C\CCCCCCCCCCCCCCCCCCC(=O)NC(COP(=O)(O)OCC[N+](C)(C)C)C(O)/C=C/CC/C=C/CCCCCCCCCCCCCCCCCCCCCCCCCCCC. The van der Waals surface area contributed by atoms with Crippen LogP contribution < -0.4 is 5.32 Å². The molecule has 0 bridgehead atoms. The highest BCUT2D eigenvalue weighted by molar-refractivity contribution is 7.47. The first kappa shape index (κ1) is 83.2. The van der Waals surface area contributed by atoms with Gasteiger partial charge in [-0.2, -0.15) is 0 Å². The van der Waals surface area contributed by atoms with Gasteiger partial charge in [0, 0.05) is 6.42 Å². The number of nitrogens with one attached hydrogen (secondary N) is 1. The maximum atomic E-state index is 13.1. The van der Waals surface area contributed by atoms with Crippen molar-refractivity contribution in [1.29, 1.82) is 0 Å².